The molecule has 0 unspecified atom stereocenters. The molecule has 0 aromatic carbocycles. The van der Waals surface area contributed by atoms with E-state index < -0.39 is 24.0 Å². The first-order chi connectivity index (χ1) is 9.45. The quantitative estimate of drug-likeness (QED) is 0.709. The first-order valence-electron chi connectivity index (χ1n) is 6.78. The van der Waals surface area contributed by atoms with Gasteiger partial charge in [0.1, 0.15) is 6.04 Å². The van der Waals surface area contributed by atoms with Crippen LogP contribution in [-0.4, -0.2) is 54.2 Å². The van der Waals surface area contributed by atoms with Crippen LogP contribution in [-0.2, 0) is 14.3 Å². The van der Waals surface area contributed by atoms with Gasteiger partial charge in [-0.25, -0.2) is 9.59 Å². The van der Waals surface area contributed by atoms with Gasteiger partial charge in [-0.1, -0.05) is 12.8 Å². The number of carbonyl (C=O) groups is 3. The second-order valence-corrected chi connectivity index (χ2v) is 5.00. The Kier molecular flexibility index (Phi) is 6.27. The van der Waals surface area contributed by atoms with E-state index in [0.717, 1.165) is 25.7 Å². The zero-order valence-corrected chi connectivity index (χ0v) is 11.9. The van der Waals surface area contributed by atoms with Crippen LogP contribution in [0.3, 0.4) is 0 Å². The van der Waals surface area contributed by atoms with Crippen molar-refractivity contribution in [1.82, 2.24) is 10.2 Å². The molecule has 2 amide bonds. The maximum absolute atomic E-state index is 12.0. The summed E-state index contributed by atoms with van der Waals surface area (Å²) in [5.41, 5.74) is 0. The summed E-state index contributed by atoms with van der Waals surface area (Å²) in [6.45, 7) is 0. The van der Waals surface area contributed by atoms with E-state index in [-0.39, 0.29) is 18.9 Å². The van der Waals surface area contributed by atoms with Crippen LogP contribution in [0, 0.1) is 0 Å². The SMILES string of the molecule is COC(=O)CC[C@@H](NC(=O)N(C)C1CCCC1)C(=O)O. The molecule has 0 aromatic heterocycles. The second kappa shape index (κ2) is 7.72. The van der Waals surface area contributed by atoms with Crippen LogP contribution in [0.1, 0.15) is 38.5 Å². The number of esters is 1. The summed E-state index contributed by atoms with van der Waals surface area (Å²) >= 11 is 0. The number of carboxylic acid groups (broad SMARTS) is 1. The van der Waals surface area contributed by atoms with Crippen molar-refractivity contribution in [1.29, 1.82) is 0 Å². The Bertz CT molecular complexity index is 366. The van der Waals surface area contributed by atoms with Gasteiger partial charge in [-0.15, -0.1) is 0 Å². The van der Waals surface area contributed by atoms with Crippen molar-refractivity contribution < 1.29 is 24.2 Å². The third kappa shape index (κ3) is 4.71. The molecule has 114 valence electrons. The minimum atomic E-state index is -1.15. The highest BCUT2D eigenvalue weighted by Gasteiger charge is 2.27. The molecule has 0 radical (unpaired) electrons. The number of nitrogens with zero attached hydrogens (tertiary/aromatic N) is 1. The first-order valence-corrected chi connectivity index (χ1v) is 6.78. The average Bonchev–Trinajstić information content (AvgIpc) is 2.95. The summed E-state index contributed by atoms with van der Waals surface area (Å²) < 4.78 is 4.46. The van der Waals surface area contributed by atoms with Gasteiger partial charge in [0.05, 0.1) is 7.11 Å². The van der Waals surface area contributed by atoms with E-state index in [0.29, 0.717) is 0 Å². The fourth-order valence-electron chi connectivity index (χ4n) is 2.33. The number of amides is 2. The first kappa shape index (κ1) is 16.3. The lowest BCUT2D eigenvalue weighted by molar-refractivity contribution is -0.142. The van der Waals surface area contributed by atoms with Crippen molar-refractivity contribution in [2.24, 2.45) is 0 Å². The average molecular weight is 286 g/mol. The highest BCUT2D eigenvalue weighted by Crippen LogP contribution is 2.22. The Morgan fingerprint density at radius 3 is 2.45 bits per heavy atom. The molecule has 0 spiro atoms. The van der Waals surface area contributed by atoms with Gasteiger partial charge in [0, 0.05) is 19.5 Å². The van der Waals surface area contributed by atoms with Crippen LogP contribution < -0.4 is 5.32 Å². The third-order valence-corrected chi connectivity index (χ3v) is 3.65. The van der Waals surface area contributed by atoms with Crippen molar-refractivity contribution in [3.8, 4) is 0 Å². The van der Waals surface area contributed by atoms with Crippen LogP contribution in [0.4, 0.5) is 4.79 Å². The Hall–Kier alpha value is -1.79. The third-order valence-electron chi connectivity index (χ3n) is 3.65. The van der Waals surface area contributed by atoms with Gasteiger partial charge in [-0.05, 0) is 19.3 Å². The van der Waals surface area contributed by atoms with E-state index in [2.05, 4.69) is 10.1 Å². The molecule has 1 aliphatic rings. The monoisotopic (exact) mass is 286 g/mol. The van der Waals surface area contributed by atoms with Crippen molar-refractivity contribution in [2.45, 2.75) is 50.6 Å². The predicted octanol–water partition coefficient (Wildman–Crippen LogP) is 0.977. The molecule has 0 aromatic rings. The molecule has 1 atom stereocenters. The van der Waals surface area contributed by atoms with Crippen LogP contribution in [0.15, 0.2) is 0 Å². The van der Waals surface area contributed by atoms with Crippen LogP contribution >= 0.6 is 0 Å². The number of carboxylic acids is 1. The van der Waals surface area contributed by atoms with Crippen molar-refractivity contribution in [3.05, 3.63) is 0 Å². The highest BCUT2D eigenvalue weighted by atomic mass is 16.5. The Balaban J connectivity index is 2.49. The van der Waals surface area contributed by atoms with E-state index in [4.69, 9.17) is 5.11 Å². The van der Waals surface area contributed by atoms with Gasteiger partial charge in [0.25, 0.3) is 0 Å². The molecule has 0 heterocycles. The Morgan fingerprint density at radius 1 is 1.35 bits per heavy atom. The van der Waals surface area contributed by atoms with Gasteiger partial charge in [0.15, 0.2) is 0 Å². The maximum Gasteiger partial charge on any atom is 0.326 e. The lowest BCUT2D eigenvalue weighted by Gasteiger charge is -2.26. The zero-order valence-electron chi connectivity index (χ0n) is 11.9. The van der Waals surface area contributed by atoms with Gasteiger partial charge in [-0.3, -0.25) is 4.79 Å². The van der Waals surface area contributed by atoms with Crippen molar-refractivity contribution in [3.63, 3.8) is 0 Å². The summed E-state index contributed by atoms with van der Waals surface area (Å²) in [7, 11) is 2.91. The van der Waals surface area contributed by atoms with Crippen LogP contribution in [0.2, 0.25) is 0 Å². The summed E-state index contributed by atoms with van der Waals surface area (Å²) in [6.07, 6.45) is 4.06. The van der Waals surface area contributed by atoms with E-state index in [1.54, 1.807) is 11.9 Å². The van der Waals surface area contributed by atoms with E-state index >= 15 is 0 Å². The molecule has 20 heavy (non-hydrogen) atoms. The Morgan fingerprint density at radius 2 is 1.95 bits per heavy atom. The number of urea groups is 1. The number of ether oxygens (including phenoxy) is 1. The van der Waals surface area contributed by atoms with Crippen molar-refractivity contribution in [2.75, 3.05) is 14.2 Å². The standard InChI is InChI=1S/C13H22N2O5/c1-15(9-5-3-4-6-9)13(19)14-10(12(17)18)7-8-11(16)20-2/h9-10H,3-8H2,1-2H3,(H,14,19)(H,17,18)/t10-/m1/s1. The fraction of sp³-hybridized carbons (Fsp3) is 0.769. The number of hydrogen-bond donors (Lipinski definition) is 2. The molecular weight excluding hydrogens is 264 g/mol. The highest BCUT2D eigenvalue weighted by molar-refractivity contribution is 5.83. The van der Waals surface area contributed by atoms with E-state index in [9.17, 15) is 14.4 Å². The lowest BCUT2D eigenvalue weighted by Crippen LogP contribution is -2.49. The number of aliphatic carboxylic acids is 1. The smallest absolute Gasteiger partial charge is 0.326 e. The topological polar surface area (TPSA) is 95.9 Å². The number of hydrogen-bond acceptors (Lipinski definition) is 4. The summed E-state index contributed by atoms with van der Waals surface area (Å²) in [6, 6.07) is -1.32. The fourth-order valence-corrected chi connectivity index (χ4v) is 2.33. The predicted molar refractivity (Wildman–Crippen MR) is 71.2 cm³/mol. The number of rotatable bonds is 6. The van der Waals surface area contributed by atoms with Gasteiger partial charge in [0.2, 0.25) is 0 Å². The molecule has 1 aliphatic carbocycles. The normalized spacial score (nSPS) is 16.5. The number of nitrogens with one attached hydrogen (secondary N) is 1. The molecule has 7 nitrogen and oxygen atoms in total. The van der Waals surface area contributed by atoms with E-state index in [1.807, 2.05) is 0 Å². The van der Waals surface area contributed by atoms with Crippen LogP contribution in [0.25, 0.3) is 0 Å². The zero-order chi connectivity index (χ0) is 15.1. The molecule has 1 rings (SSSR count). The van der Waals surface area contributed by atoms with Crippen LogP contribution in [0.5, 0.6) is 0 Å². The molecule has 1 saturated carbocycles. The Labute approximate surface area is 118 Å². The summed E-state index contributed by atoms with van der Waals surface area (Å²) in [5.74, 6) is -1.64. The molecule has 0 saturated heterocycles. The molecular formula is C13H22N2O5. The molecule has 7 heteroatoms. The molecule has 2 N–H and O–H groups in total. The van der Waals surface area contributed by atoms with Gasteiger partial charge in [-0.2, -0.15) is 0 Å². The van der Waals surface area contributed by atoms with Crippen molar-refractivity contribution >= 4 is 18.0 Å². The van der Waals surface area contributed by atoms with Gasteiger partial charge >= 0.3 is 18.0 Å². The van der Waals surface area contributed by atoms with Gasteiger partial charge < -0.3 is 20.1 Å². The minimum Gasteiger partial charge on any atom is -0.480 e. The number of methoxy groups -OCH3 is 1. The number of carbonyl (C=O) groups excluding carboxylic acids is 2. The lowest BCUT2D eigenvalue weighted by atomic mass is 10.1. The minimum absolute atomic E-state index is 0.0201. The summed E-state index contributed by atoms with van der Waals surface area (Å²) in [5, 5.41) is 11.5. The van der Waals surface area contributed by atoms with E-state index in [1.165, 1.54) is 7.11 Å². The maximum atomic E-state index is 12.0. The second-order valence-electron chi connectivity index (χ2n) is 5.00. The molecule has 0 aliphatic heterocycles. The molecule has 1 fully saturated rings. The summed E-state index contributed by atoms with van der Waals surface area (Å²) in [4.78, 5) is 35.7. The molecule has 0 bridgehead atoms. The largest absolute Gasteiger partial charge is 0.480 e.